The van der Waals surface area contributed by atoms with E-state index in [0.29, 0.717) is 44.6 Å². The van der Waals surface area contributed by atoms with E-state index in [0.717, 1.165) is 59.4 Å². The van der Waals surface area contributed by atoms with Crippen molar-refractivity contribution in [2.45, 2.75) is 95.1 Å². The number of pyridine rings is 1. The number of hydrogen-bond donors (Lipinski definition) is 2. The number of aromatic nitrogens is 1. The first-order valence-corrected chi connectivity index (χ1v) is 16.5. The molecule has 9 nitrogen and oxygen atoms in total. The molecule has 2 amide bonds. The van der Waals surface area contributed by atoms with Crippen LogP contribution in [0.4, 0.5) is 0 Å². The average Bonchev–Trinajstić information content (AvgIpc) is 3.75. The number of amides is 2. The second-order valence-electron chi connectivity index (χ2n) is 12.5. The molecule has 1 saturated heterocycles. The van der Waals surface area contributed by atoms with Crippen LogP contribution in [-0.4, -0.2) is 61.2 Å². The van der Waals surface area contributed by atoms with Crippen LogP contribution in [0.5, 0.6) is 17.2 Å². The zero-order valence-electron chi connectivity index (χ0n) is 26.6. The fourth-order valence-corrected chi connectivity index (χ4v) is 6.55. The van der Waals surface area contributed by atoms with E-state index in [1.54, 1.807) is 13.2 Å². The Morgan fingerprint density at radius 1 is 0.911 bits per heavy atom. The number of ether oxygens (including phenoxy) is 3. The third-order valence-electron chi connectivity index (χ3n) is 9.25. The van der Waals surface area contributed by atoms with E-state index in [4.69, 9.17) is 14.2 Å². The molecule has 2 aromatic carbocycles. The Kier molecular flexibility index (Phi) is 11.4. The Balaban J connectivity index is 0.000000182. The van der Waals surface area contributed by atoms with Crippen LogP contribution in [-0.2, 0) is 9.59 Å². The fraction of sp³-hybridized carbons (Fsp3) is 0.528. The van der Waals surface area contributed by atoms with Crippen molar-refractivity contribution >= 4 is 22.7 Å². The molecule has 0 bridgehead atoms. The summed E-state index contributed by atoms with van der Waals surface area (Å²) in [6.07, 6.45) is 12.9. The van der Waals surface area contributed by atoms with Crippen molar-refractivity contribution in [2.75, 3.05) is 27.3 Å². The normalized spacial score (nSPS) is 18.6. The molecular formula is C36H47N3O6. The van der Waals surface area contributed by atoms with Crippen LogP contribution >= 0.6 is 0 Å². The zero-order chi connectivity index (χ0) is 31.6. The molecule has 1 unspecified atom stereocenters. The summed E-state index contributed by atoms with van der Waals surface area (Å²) in [6, 6.07) is 15.3. The number of nitrogens with zero attached hydrogens (tertiary/aromatic N) is 1. The third kappa shape index (κ3) is 9.02. The van der Waals surface area contributed by atoms with E-state index in [1.165, 1.54) is 38.2 Å². The second kappa shape index (κ2) is 15.8. The van der Waals surface area contributed by atoms with Crippen LogP contribution in [0.15, 0.2) is 53.3 Å². The maximum atomic E-state index is 12.3. The van der Waals surface area contributed by atoms with Gasteiger partial charge in [0, 0.05) is 55.4 Å². The number of H-pyrrole nitrogens is 1. The highest BCUT2D eigenvalue weighted by molar-refractivity contribution is 5.80. The Hall–Kier alpha value is -4.01. The number of carbonyl (C=O) groups excluding carboxylic acids is 2. The number of fused-ring (bicyclic) bond motifs is 1. The van der Waals surface area contributed by atoms with E-state index in [1.807, 2.05) is 48.3 Å². The van der Waals surface area contributed by atoms with Crippen LogP contribution in [0.1, 0.15) is 88.5 Å². The van der Waals surface area contributed by atoms with Gasteiger partial charge >= 0.3 is 0 Å². The number of benzene rings is 2. The summed E-state index contributed by atoms with van der Waals surface area (Å²) >= 11 is 0. The summed E-state index contributed by atoms with van der Waals surface area (Å²) in [4.78, 5) is 39.7. The van der Waals surface area contributed by atoms with Crippen molar-refractivity contribution < 1.29 is 23.8 Å². The van der Waals surface area contributed by atoms with Crippen LogP contribution in [0.25, 0.3) is 10.9 Å². The lowest BCUT2D eigenvalue weighted by molar-refractivity contribution is -0.132. The SMILES string of the molecule is CN(C(=O)CCCOc1ccc2[nH]c(=O)ccc2c1)C1CCCCC1.COc1ccc(C2CNC(=O)C2)cc1OC1CCCC1. The minimum Gasteiger partial charge on any atom is -0.494 e. The Morgan fingerprint density at radius 2 is 1.69 bits per heavy atom. The number of methoxy groups -OCH3 is 1. The van der Waals surface area contributed by atoms with Gasteiger partial charge in [0.25, 0.3) is 0 Å². The lowest BCUT2D eigenvalue weighted by Gasteiger charge is -2.31. The maximum absolute atomic E-state index is 12.3. The molecule has 2 saturated carbocycles. The third-order valence-corrected chi connectivity index (χ3v) is 9.25. The van der Waals surface area contributed by atoms with Gasteiger partial charge < -0.3 is 29.4 Å². The molecule has 45 heavy (non-hydrogen) atoms. The average molecular weight is 618 g/mol. The molecule has 3 fully saturated rings. The first kappa shape index (κ1) is 32.4. The predicted octanol–water partition coefficient (Wildman–Crippen LogP) is 6.10. The van der Waals surface area contributed by atoms with Gasteiger partial charge in [-0.1, -0.05) is 25.3 Å². The van der Waals surface area contributed by atoms with Gasteiger partial charge in [-0.3, -0.25) is 14.4 Å². The highest BCUT2D eigenvalue weighted by Crippen LogP contribution is 2.35. The summed E-state index contributed by atoms with van der Waals surface area (Å²) in [5, 5.41) is 3.81. The fourth-order valence-electron chi connectivity index (χ4n) is 6.55. The van der Waals surface area contributed by atoms with Crippen molar-refractivity contribution in [3.8, 4) is 17.2 Å². The van der Waals surface area contributed by atoms with Gasteiger partial charge in [0.1, 0.15) is 5.75 Å². The predicted molar refractivity (Wildman–Crippen MR) is 175 cm³/mol. The van der Waals surface area contributed by atoms with Gasteiger partial charge in [-0.05, 0) is 86.9 Å². The van der Waals surface area contributed by atoms with Gasteiger partial charge in [0.05, 0.1) is 19.8 Å². The molecule has 1 aliphatic heterocycles. The molecule has 0 spiro atoms. The summed E-state index contributed by atoms with van der Waals surface area (Å²) in [6.45, 7) is 1.23. The minimum atomic E-state index is -0.109. The van der Waals surface area contributed by atoms with Crippen LogP contribution in [0.2, 0.25) is 0 Å². The summed E-state index contributed by atoms with van der Waals surface area (Å²) in [5.41, 5.74) is 1.84. The Morgan fingerprint density at radius 3 is 2.42 bits per heavy atom. The molecule has 3 aromatic rings. The molecule has 2 aliphatic carbocycles. The molecule has 242 valence electrons. The van der Waals surface area contributed by atoms with Gasteiger partial charge in [-0.2, -0.15) is 0 Å². The molecule has 2 heterocycles. The van der Waals surface area contributed by atoms with Crippen LogP contribution < -0.4 is 25.1 Å². The lowest BCUT2D eigenvalue weighted by Crippen LogP contribution is -2.38. The molecule has 9 heteroatoms. The van der Waals surface area contributed by atoms with Crippen molar-refractivity contribution in [3.05, 3.63) is 64.4 Å². The highest BCUT2D eigenvalue weighted by Gasteiger charge is 2.25. The molecule has 3 aliphatic rings. The van der Waals surface area contributed by atoms with E-state index in [2.05, 4.69) is 10.3 Å². The van der Waals surface area contributed by atoms with Gasteiger partial charge in [-0.15, -0.1) is 0 Å². The quantitative estimate of drug-likeness (QED) is 0.266. The maximum Gasteiger partial charge on any atom is 0.248 e. The Labute approximate surface area is 265 Å². The van der Waals surface area contributed by atoms with Crippen molar-refractivity contribution in [1.82, 2.24) is 15.2 Å². The standard InChI is InChI=1S/C20H26N2O3.C16H21NO3/c1-22(16-6-3-2-4-7-16)20(24)8-5-13-25-17-10-11-18-15(14-17)9-12-19(23)21-18;1-19-14-7-6-11(12-9-16(18)17-10-12)8-15(14)20-13-4-2-3-5-13/h9-12,14,16H,2-8,13H2,1H3,(H,21,23);6-8,12-13H,2-5,9-10H2,1H3,(H,17,18). The number of nitrogens with one attached hydrogen (secondary N) is 2. The highest BCUT2D eigenvalue weighted by atomic mass is 16.5. The van der Waals surface area contributed by atoms with Crippen molar-refractivity contribution in [3.63, 3.8) is 0 Å². The molecule has 0 radical (unpaired) electrons. The molecule has 6 rings (SSSR count). The summed E-state index contributed by atoms with van der Waals surface area (Å²) < 4.78 is 17.2. The van der Waals surface area contributed by atoms with Crippen LogP contribution in [0.3, 0.4) is 0 Å². The number of rotatable bonds is 10. The van der Waals surface area contributed by atoms with E-state index in [9.17, 15) is 14.4 Å². The molecular weight excluding hydrogens is 570 g/mol. The molecule has 1 aromatic heterocycles. The van der Waals surface area contributed by atoms with Crippen molar-refractivity contribution in [1.29, 1.82) is 0 Å². The van der Waals surface area contributed by atoms with Gasteiger partial charge in [0.15, 0.2) is 11.5 Å². The zero-order valence-corrected chi connectivity index (χ0v) is 26.6. The van der Waals surface area contributed by atoms with Gasteiger partial charge in [-0.25, -0.2) is 0 Å². The van der Waals surface area contributed by atoms with Gasteiger partial charge in [0.2, 0.25) is 17.4 Å². The smallest absolute Gasteiger partial charge is 0.248 e. The number of aromatic amines is 1. The summed E-state index contributed by atoms with van der Waals surface area (Å²) in [7, 11) is 3.60. The topological polar surface area (TPSA) is 110 Å². The molecule has 2 N–H and O–H groups in total. The second-order valence-corrected chi connectivity index (χ2v) is 12.5. The van der Waals surface area contributed by atoms with E-state index >= 15 is 0 Å². The lowest BCUT2D eigenvalue weighted by atomic mass is 9.94. The van der Waals surface area contributed by atoms with E-state index < -0.39 is 0 Å². The van der Waals surface area contributed by atoms with E-state index in [-0.39, 0.29) is 23.3 Å². The summed E-state index contributed by atoms with van der Waals surface area (Å²) in [5.74, 6) is 2.94. The molecule has 1 atom stereocenters. The minimum absolute atomic E-state index is 0.109. The first-order valence-electron chi connectivity index (χ1n) is 16.5. The Bertz CT molecular complexity index is 1490. The number of carbonyl (C=O) groups is 2. The van der Waals surface area contributed by atoms with Crippen LogP contribution in [0, 0.1) is 0 Å². The first-order chi connectivity index (χ1) is 21.9. The monoisotopic (exact) mass is 617 g/mol. The van der Waals surface area contributed by atoms with Crippen molar-refractivity contribution in [2.24, 2.45) is 0 Å². The number of hydrogen-bond acceptors (Lipinski definition) is 6. The largest absolute Gasteiger partial charge is 0.494 e.